The van der Waals surface area contributed by atoms with Crippen LogP contribution in [0, 0.1) is 0 Å². The van der Waals surface area contributed by atoms with Crippen LogP contribution < -0.4 is 10.1 Å². The Kier molecular flexibility index (Phi) is 5.95. The van der Waals surface area contributed by atoms with Gasteiger partial charge in [-0.1, -0.05) is 54.6 Å². The molecule has 0 aliphatic rings. The molecule has 4 rings (SSSR count). The smallest absolute Gasteiger partial charge is 0.255 e. The molecule has 4 aromatic rings. The van der Waals surface area contributed by atoms with Crippen LogP contribution in [0.3, 0.4) is 0 Å². The fourth-order valence-corrected chi connectivity index (χ4v) is 4.13. The maximum absolute atomic E-state index is 13.2. The number of carbonyl (C=O) groups is 1. The minimum atomic E-state index is -0.206. The third kappa shape index (κ3) is 4.28. The number of nitrogens with zero attached hydrogens (tertiary/aromatic N) is 2. The van der Waals surface area contributed by atoms with Crippen molar-refractivity contribution in [2.24, 2.45) is 0 Å². The van der Waals surface area contributed by atoms with Crippen molar-refractivity contribution < 1.29 is 9.53 Å². The van der Waals surface area contributed by atoms with Gasteiger partial charge in [0.15, 0.2) is 0 Å². The van der Waals surface area contributed by atoms with E-state index in [2.05, 4.69) is 17.4 Å². The van der Waals surface area contributed by atoms with Crippen LogP contribution in [0.4, 0.5) is 0 Å². The van der Waals surface area contributed by atoms with Crippen molar-refractivity contribution >= 4 is 17.2 Å². The first-order chi connectivity index (χ1) is 14.7. The summed E-state index contributed by atoms with van der Waals surface area (Å²) >= 11 is 1.57. The topological polar surface area (TPSA) is 56.1 Å². The van der Waals surface area contributed by atoms with E-state index < -0.39 is 0 Å². The molecule has 0 bridgehead atoms. The van der Waals surface area contributed by atoms with E-state index in [1.54, 1.807) is 18.4 Å². The highest BCUT2D eigenvalue weighted by molar-refractivity contribution is 7.13. The fraction of sp³-hybridized carbons (Fsp3) is 0.167. The lowest BCUT2D eigenvalue weighted by atomic mass is 10.1. The summed E-state index contributed by atoms with van der Waals surface area (Å²) in [6, 6.07) is 21.6. The molecule has 0 fully saturated rings. The minimum Gasteiger partial charge on any atom is -0.496 e. The average Bonchev–Trinajstić information content (AvgIpc) is 3.44. The second-order valence-corrected chi connectivity index (χ2v) is 7.94. The van der Waals surface area contributed by atoms with Gasteiger partial charge in [-0.15, -0.1) is 11.3 Å². The number of hydrogen-bond acceptors (Lipinski definition) is 4. The SMILES string of the molecule is COc1ccccc1[C@H](C)NC(=O)c1cn(Cc2ccccc2)nc1-c1cccs1. The molecular weight excluding hydrogens is 394 g/mol. The molecule has 1 atom stereocenters. The van der Waals surface area contributed by atoms with Crippen LogP contribution in [0.2, 0.25) is 0 Å². The Labute approximate surface area is 179 Å². The number of nitrogens with one attached hydrogen (secondary N) is 1. The van der Waals surface area contributed by atoms with Gasteiger partial charge in [-0.3, -0.25) is 9.48 Å². The van der Waals surface area contributed by atoms with E-state index in [0.29, 0.717) is 17.8 Å². The number of carbonyl (C=O) groups excluding carboxylic acids is 1. The number of rotatable bonds is 7. The Hall–Kier alpha value is -3.38. The second kappa shape index (κ2) is 8.97. The summed E-state index contributed by atoms with van der Waals surface area (Å²) in [6.45, 7) is 2.56. The Morgan fingerprint density at radius 1 is 1.10 bits per heavy atom. The molecule has 0 radical (unpaired) electrons. The van der Waals surface area contributed by atoms with Crippen molar-refractivity contribution in [1.29, 1.82) is 0 Å². The maximum Gasteiger partial charge on any atom is 0.255 e. The van der Waals surface area contributed by atoms with Crippen molar-refractivity contribution in [3.63, 3.8) is 0 Å². The lowest BCUT2D eigenvalue weighted by Gasteiger charge is -2.17. The molecule has 0 saturated carbocycles. The monoisotopic (exact) mass is 417 g/mol. The Balaban J connectivity index is 1.62. The van der Waals surface area contributed by atoms with E-state index in [1.165, 1.54) is 0 Å². The van der Waals surface area contributed by atoms with Gasteiger partial charge in [0.05, 0.1) is 30.1 Å². The Bertz CT molecular complexity index is 1120. The predicted molar refractivity (Wildman–Crippen MR) is 120 cm³/mol. The van der Waals surface area contributed by atoms with Gasteiger partial charge in [0, 0.05) is 11.8 Å². The van der Waals surface area contributed by atoms with Gasteiger partial charge >= 0.3 is 0 Å². The maximum atomic E-state index is 13.2. The van der Waals surface area contributed by atoms with Gasteiger partial charge in [-0.25, -0.2) is 0 Å². The number of methoxy groups -OCH3 is 1. The summed E-state index contributed by atoms with van der Waals surface area (Å²) in [5, 5.41) is 9.81. The molecule has 1 N–H and O–H groups in total. The molecule has 0 saturated heterocycles. The average molecular weight is 418 g/mol. The van der Waals surface area contributed by atoms with Gasteiger partial charge in [0.25, 0.3) is 5.91 Å². The molecule has 2 aromatic carbocycles. The zero-order valence-electron chi connectivity index (χ0n) is 16.9. The van der Waals surface area contributed by atoms with Crippen LogP contribution in [-0.2, 0) is 6.54 Å². The van der Waals surface area contributed by atoms with Gasteiger partial charge < -0.3 is 10.1 Å². The first-order valence-electron chi connectivity index (χ1n) is 9.74. The zero-order chi connectivity index (χ0) is 20.9. The summed E-state index contributed by atoms with van der Waals surface area (Å²) in [7, 11) is 1.63. The van der Waals surface area contributed by atoms with E-state index in [1.807, 2.05) is 77.8 Å². The van der Waals surface area contributed by atoms with Gasteiger partial charge in [0.2, 0.25) is 0 Å². The Morgan fingerprint density at radius 3 is 2.60 bits per heavy atom. The van der Waals surface area contributed by atoms with Crippen LogP contribution in [-0.4, -0.2) is 22.8 Å². The summed E-state index contributed by atoms with van der Waals surface area (Å²) in [4.78, 5) is 14.2. The van der Waals surface area contributed by atoms with Gasteiger partial charge in [0.1, 0.15) is 11.4 Å². The third-order valence-electron chi connectivity index (χ3n) is 4.90. The number of amides is 1. The second-order valence-electron chi connectivity index (χ2n) is 6.99. The molecule has 2 heterocycles. The lowest BCUT2D eigenvalue weighted by Crippen LogP contribution is -2.27. The predicted octanol–water partition coefficient (Wildman–Crippen LogP) is 5.16. The number of ether oxygens (including phenoxy) is 1. The first-order valence-corrected chi connectivity index (χ1v) is 10.6. The number of benzene rings is 2. The molecule has 2 aromatic heterocycles. The summed E-state index contributed by atoms with van der Waals surface area (Å²) < 4.78 is 7.27. The molecular formula is C24H23N3O2S. The quantitative estimate of drug-likeness (QED) is 0.452. The van der Waals surface area contributed by atoms with Crippen LogP contribution in [0.1, 0.15) is 34.5 Å². The standard InChI is InChI=1S/C24H23N3O2S/c1-17(19-11-6-7-12-21(19)29-2)25-24(28)20-16-27(15-18-9-4-3-5-10-18)26-23(20)22-13-8-14-30-22/h3-14,16-17H,15H2,1-2H3,(H,25,28)/t17-/m0/s1. The highest BCUT2D eigenvalue weighted by Crippen LogP contribution is 2.29. The number of para-hydroxylation sites is 1. The molecule has 5 nitrogen and oxygen atoms in total. The number of aromatic nitrogens is 2. The van der Waals surface area contributed by atoms with E-state index in [4.69, 9.17) is 9.84 Å². The van der Waals surface area contributed by atoms with Crippen molar-refractivity contribution in [2.75, 3.05) is 7.11 Å². The summed E-state index contributed by atoms with van der Waals surface area (Å²) in [6.07, 6.45) is 1.83. The number of thiophene rings is 1. The fourth-order valence-electron chi connectivity index (χ4n) is 3.41. The van der Waals surface area contributed by atoms with Crippen molar-refractivity contribution in [1.82, 2.24) is 15.1 Å². The van der Waals surface area contributed by atoms with E-state index in [9.17, 15) is 4.79 Å². The molecule has 152 valence electrons. The van der Waals surface area contributed by atoms with Gasteiger partial charge in [-0.2, -0.15) is 5.10 Å². The molecule has 6 heteroatoms. The minimum absolute atomic E-state index is 0.156. The summed E-state index contributed by atoms with van der Waals surface area (Å²) in [5.41, 5.74) is 3.33. The lowest BCUT2D eigenvalue weighted by molar-refractivity contribution is 0.0940. The largest absolute Gasteiger partial charge is 0.496 e. The zero-order valence-corrected chi connectivity index (χ0v) is 17.7. The van der Waals surface area contributed by atoms with E-state index in [0.717, 1.165) is 21.8 Å². The van der Waals surface area contributed by atoms with Crippen molar-refractivity contribution in [3.05, 3.63) is 95.0 Å². The van der Waals surface area contributed by atoms with Crippen molar-refractivity contribution in [3.8, 4) is 16.3 Å². The van der Waals surface area contributed by atoms with Gasteiger partial charge in [-0.05, 0) is 30.0 Å². The molecule has 30 heavy (non-hydrogen) atoms. The first kappa shape index (κ1) is 19.9. The molecule has 0 aliphatic carbocycles. The normalized spacial score (nSPS) is 11.8. The highest BCUT2D eigenvalue weighted by Gasteiger charge is 2.21. The molecule has 0 unspecified atom stereocenters. The molecule has 0 aliphatic heterocycles. The van der Waals surface area contributed by atoms with Crippen LogP contribution in [0.25, 0.3) is 10.6 Å². The van der Waals surface area contributed by atoms with Crippen LogP contribution in [0.5, 0.6) is 5.75 Å². The molecule has 0 spiro atoms. The van der Waals surface area contributed by atoms with Crippen molar-refractivity contribution in [2.45, 2.75) is 19.5 Å². The van der Waals surface area contributed by atoms with E-state index in [-0.39, 0.29) is 11.9 Å². The van der Waals surface area contributed by atoms with Crippen LogP contribution >= 0.6 is 11.3 Å². The van der Waals surface area contributed by atoms with Crippen LogP contribution in [0.15, 0.2) is 78.3 Å². The highest BCUT2D eigenvalue weighted by atomic mass is 32.1. The summed E-state index contributed by atoms with van der Waals surface area (Å²) in [5.74, 6) is 0.597. The Morgan fingerprint density at radius 2 is 1.87 bits per heavy atom. The number of hydrogen-bond donors (Lipinski definition) is 1. The van der Waals surface area contributed by atoms with E-state index >= 15 is 0 Å². The molecule has 1 amide bonds. The third-order valence-corrected chi connectivity index (χ3v) is 5.78.